The summed E-state index contributed by atoms with van der Waals surface area (Å²) in [6.45, 7) is 0.187. The predicted molar refractivity (Wildman–Crippen MR) is 82.4 cm³/mol. The fourth-order valence-corrected chi connectivity index (χ4v) is 1.93. The minimum atomic E-state index is -1.11. The lowest BCUT2D eigenvalue weighted by atomic mass is 10.1. The monoisotopic (exact) mass is 319 g/mol. The summed E-state index contributed by atoms with van der Waals surface area (Å²) in [5.41, 5.74) is 0.947. The van der Waals surface area contributed by atoms with E-state index < -0.39 is 18.0 Å². The summed E-state index contributed by atoms with van der Waals surface area (Å²) in [7, 11) is 1.52. The van der Waals surface area contributed by atoms with E-state index in [4.69, 9.17) is 4.74 Å². The van der Waals surface area contributed by atoms with Gasteiger partial charge >= 0.3 is 6.03 Å². The van der Waals surface area contributed by atoms with Crippen LogP contribution in [0.15, 0.2) is 42.6 Å². The number of methoxy groups -OCH3 is 1. The number of nitrogens with one attached hydrogen (secondary N) is 2. The van der Waals surface area contributed by atoms with Crippen LogP contribution in [0.2, 0.25) is 0 Å². The molecule has 6 nitrogen and oxygen atoms in total. The first-order valence-electron chi connectivity index (χ1n) is 7.03. The van der Waals surface area contributed by atoms with Gasteiger partial charge in [0.1, 0.15) is 5.82 Å². The van der Waals surface area contributed by atoms with E-state index in [0.29, 0.717) is 5.88 Å². The van der Waals surface area contributed by atoms with Gasteiger partial charge in [-0.25, -0.2) is 14.2 Å². The third-order valence-corrected chi connectivity index (χ3v) is 3.18. The van der Waals surface area contributed by atoms with E-state index in [2.05, 4.69) is 15.6 Å². The summed E-state index contributed by atoms with van der Waals surface area (Å²) in [4.78, 5) is 15.7. The second kappa shape index (κ2) is 8.09. The molecule has 2 rings (SSSR count). The fourth-order valence-electron chi connectivity index (χ4n) is 1.93. The van der Waals surface area contributed by atoms with E-state index in [1.807, 2.05) is 0 Å². The van der Waals surface area contributed by atoms with E-state index >= 15 is 0 Å². The molecule has 0 aliphatic rings. The number of halogens is 1. The van der Waals surface area contributed by atoms with Crippen molar-refractivity contribution in [2.75, 3.05) is 13.7 Å². The molecular weight excluding hydrogens is 301 g/mol. The molecule has 1 aromatic carbocycles. The first-order chi connectivity index (χ1) is 11.1. The van der Waals surface area contributed by atoms with Crippen molar-refractivity contribution in [3.8, 4) is 5.88 Å². The summed E-state index contributed by atoms with van der Waals surface area (Å²) in [5.74, 6) is -0.0160. The third-order valence-electron chi connectivity index (χ3n) is 3.18. The van der Waals surface area contributed by atoms with Crippen LogP contribution in [-0.2, 0) is 6.54 Å². The molecule has 0 saturated carbocycles. The normalized spacial score (nSPS) is 11.6. The number of aromatic nitrogens is 1. The number of ether oxygens (including phenoxy) is 1. The molecule has 122 valence electrons. The van der Waals surface area contributed by atoms with E-state index in [9.17, 15) is 14.3 Å². The zero-order valence-corrected chi connectivity index (χ0v) is 12.6. The molecule has 2 amide bonds. The number of urea groups is 1. The molecule has 3 N–H and O–H groups in total. The van der Waals surface area contributed by atoms with Gasteiger partial charge in [0, 0.05) is 30.9 Å². The molecule has 23 heavy (non-hydrogen) atoms. The third kappa shape index (κ3) is 4.93. The van der Waals surface area contributed by atoms with E-state index in [1.54, 1.807) is 24.4 Å². The molecular formula is C16H18FN3O3. The van der Waals surface area contributed by atoms with Gasteiger partial charge in [-0.1, -0.05) is 24.3 Å². The van der Waals surface area contributed by atoms with Gasteiger partial charge < -0.3 is 20.5 Å². The molecule has 1 heterocycles. The Labute approximate surface area is 133 Å². The highest BCUT2D eigenvalue weighted by atomic mass is 19.1. The van der Waals surface area contributed by atoms with Gasteiger partial charge in [-0.3, -0.25) is 0 Å². The van der Waals surface area contributed by atoms with Gasteiger partial charge in [0.05, 0.1) is 13.2 Å². The van der Waals surface area contributed by atoms with Crippen LogP contribution in [0.1, 0.15) is 17.2 Å². The number of aliphatic hydroxyl groups is 1. The minimum Gasteiger partial charge on any atom is -0.481 e. The van der Waals surface area contributed by atoms with Gasteiger partial charge in [-0.05, 0) is 11.6 Å². The van der Waals surface area contributed by atoms with Crippen LogP contribution in [0.4, 0.5) is 9.18 Å². The quantitative estimate of drug-likeness (QED) is 0.757. The van der Waals surface area contributed by atoms with Crippen molar-refractivity contribution in [1.82, 2.24) is 15.6 Å². The second-order valence-corrected chi connectivity index (χ2v) is 4.81. The largest absolute Gasteiger partial charge is 0.481 e. The van der Waals surface area contributed by atoms with Crippen molar-refractivity contribution in [3.05, 3.63) is 59.5 Å². The van der Waals surface area contributed by atoms with Crippen LogP contribution in [0, 0.1) is 5.82 Å². The van der Waals surface area contributed by atoms with Crippen LogP contribution in [0.3, 0.4) is 0 Å². The number of amides is 2. The highest BCUT2D eigenvalue weighted by molar-refractivity contribution is 5.73. The maximum atomic E-state index is 13.5. The molecule has 0 fully saturated rings. The predicted octanol–water partition coefficient (Wildman–Crippen LogP) is 1.76. The Hall–Kier alpha value is -2.67. The Morgan fingerprint density at radius 3 is 2.74 bits per heavy atom. The second-order valence-electron chi connectivity index (χ2n) is 4.81. The Morgan fingerprint density at radius 2 is 2.09 bits per heavy atom. The number of rotatable bonds is 6. The summed E-state index contributed by atoms with van der Waals surface area (Å²) >= 11 is 0. The fraction of sp³-hybridized carbons (Fsp3) is 0.250. The zero-order chi connectivity index (χ0) is 16.7. The molecule has 0 bridgehead atoms. The van der Waals surface area contributed by atoms with Crippen molar-refractivity contribution < 1.29 is 19.0 Å². The Balaban J connectivity index is 1.77. The molecule has 1 unspecified atom stereocenters. The minimum absolute atomic E-state index is 0.0897. The van der Waals surface area contributed by atoms with E-state index in [1.165, 1.54) is 25.3 Å². The molecule has 0 aliphatic carbocycles. The average molecular weight is 319 g/mol. The Morgan fingerprint density at radius 1 is 1.30 bits per heavy atom. The van der Waals surface area contributed by atoms with Gasteiger partial charge in [-0.2, -0.15) is 0 Å². The van der Waals surface area contributed by atoms with E-state index in [-0.39, 0.29) is 18.7 Å². The van der Waals surface area contributed by atoms with Crippen molar-refractivity contribution in [3.63, 3.8) is 0 Å². The highest BCUT2D eigenvalue weighted by Crippen LogP contribution is 2.15. The Bertz CT molecular complexity index is 649. The van der Waals surface area contributed by atoms with Crippen molar-refractivity contribution >= 4 is 6.03 Å². The lowest BCUT2D eigenvalue weighted by molar-refractivity contribution is 0.169. The van der Waals surface area contributed by atoms with Gasteiger partial charge in [0.15, 0.2) is 0 Å². The lowest BCUT2D eigenvalue weighted by Crippen LogP contribution is -2.37. The van der Waals surface area contributed by atoms with Crippen LogP contribution >= 0.6 is 0 Å². The van der Waals surface area contributed by atoms with Crippen molar-refractivity contribution in [1.29, 1.82) is 0 Å². The van der Waals surface area contributed by atoms with Crippen molar-refractivity contribution in [2.45, 2.75) is 12.6 Å². The molecule has 1 atom stereocenters. The smallest absolute Gasteiger partial charge is 0.315 e. The topological polar surface area (TPSA) is 83.5 Å². The zero-order valence-electron chi connectivity index (χ0n) is 12.6. The van der Waals surface area contributed by atoms with Gasteiger partial charge in [0.25, 0.3) is 0 Å². The van der Waals surface area contributed by atoms with Crippen LogP contribution < -0.4 is 15.4 Å². The van der Waals surface area contributed by atoms with Gasteiger partial charge in [-0.15, -0.1) is 0 Å². The Kier molecular flexibility index (Phi) is 5.87. The van der Waals surface area contributed by atoms with Crippen LogP contribution in [0.25, 0.3) is 0 Å². The molecule has 0 saturated heterocycles. The van der Waals surface area contributed by atoms with Crippen LogP contribution in [0.5, 0.6) is 5.88 Å². The number of pyridine rings is 1. The van der Waals surface area contributed by atoms with E-state index in [0.717, 1.165) is 5.56 Å². The number of carbonyl (C=O) groups is 1. The maximum absolute atomic E-state index is 13.5. The first kappa shape index (κ1) is 16.7. The molecule has 0 spiro atoms. The number of benzene rings is 1. The highest BCUT2D eigenvalue weighted by Gasteiger charge is 2.13. The number of aliphatic hydroxyl groups excluding tert-OH is 1. The SMILES string of the molecule is COc1ccc(CNC(=O)NCC(O)c2ccccc2F)cn1. The van der Waals surface area contributed by atoms with Crippen LogP contribution in [-0.4, -0.2) is 29.8 Å². The summed E-state index contributed by atoms with van der Waals surface area (Å²) in [6.07, 6.45) is 0.484. The molecule has 0 radical (unpaired) electrons. The number of hydrogen-bond donors (Lipinski definition) is 3. The molecule has 7 heteroatoms. The molecule has 0 aliphatic heterocycles. The number of nitrogens with zero attached hydrogens (tertiary/aromatic N) is 1. The summed E-state index contributed by atoms with van der Waals surface area (Å²) in [6, 6.07) is 8.90. The van der Waals surface area contributed by atoms with Gasteiger partial charge in [0.2, 0.25) is 5.88 Å². The summed E-state index contributed by atoms with van der Waals surface area (Å²) in [5, 5.41) is 15.0. The average Bonchev–Trinajstić information content (AvgIpc) is 2.58. The molecule has 1 aromatic heterocycles. The number of carbonyl (C=O) groups excluding carboxylic acids is 1. The first-order valence-corrected chi connectivity index (χ1v) is 7.03. The summed E-state index contributed by atoms with van der Waals surface area (Å²) < 4.78 is 18.4. The number of hydrogen-bond acceptors (Lipinski definition) is 4. The molecule has 2 aromatic rings. The lowest BCUT2D eigenvalue weighted by Gasteiger charge is -2.13. The van der Waals surface area contributed by atoms with Crippen molar-refractivity contribution in [2.24, 2.45) is 0 Å². The maximum Gasteiger partial charge on any atom is 0.315 e. The standard InChI is InChI=1S/C16H18FN3O3/c1-23-15-7-6-11(8-18-15)9-19-16(22)20-10-14(21)12-4-2-3-5-13(12)17/h2-8,14,21H,9-10H2,1H3,(H2,19,20,22).